The number of carbonyl (C=O) groups excluding carboxylic acids is 1. The number of aromatic nitrogens is 2. The predicted octanol–water partition coefficient (Wildman–Crippen LogP) is 7.85. The second-order valence-corrected chi connectivity index (χ2v) is 13.0. The Morgan fingerprint density at radius 1 is 1.11 bits per heavy atom. The van der Waals surface area contributed by atoms with Crippen molar-refractivity contribution in [2.24, 2.45) is 11.3 Å². The summed E-state index contributed by atoms with van der Waals surface area (Å²) in [5, 5.41) is 22.1. The van der Waals surface area contributed by atoms with Crippen LogP contribution in [0.5, 0.6) is 0 Å². The number of carboxylic acid groups (broad SMARTS) is 1. The Hall–Kier alpha value is -5.17. The van der Waals surface area contributed by atoms with Crippen molar-refractivity contribution in [3.05, 3.63) is 83.7 Å². The number of rotatable bonds is 5. The number of benzene rings is 3. The molecule has 3 heterocycles. The lowest BCUT2D eigenvalue weighted by molar-refractivity contribution is 0.0231. The van der Waals surface area contributed by atoms with Gasteiger partial charge in [-0.2, -0.15) is 5.26 Å². The van der Waals surface area contributed by atoms with Crippen LogP contribution < -0.4 is 5.32 Å². The largest absolute Gasteiger partial charge is 0.465 e. The van der Waals surface area contributed by atoms with Crippen molar-refractivity contribution in [1.29, 1.82) is 5.26 Å². The molecule has 0 radical (unpaired) electrons. The first kappa shape index (κ1) is 32.2. The predicted molar refractivity (Wildman–Crippen MR) is 175 cm³/mol. The fourth-order valence-electron chi connectivity index (χ4n) is 6.25. The molecule has 0 saturated carbocycles. The Morgan fingerprint density at radius 3 is 2.50 bits per heavy atom. The van der Waals surface area contributed by atoms with Gasteiger partial charge in [0.2, 0.25) is 5.89 Å². The Bertz CT molecular complexity index is 1850. The van der Waals surface area contributed by atoms with E-state index in [0.29, 0.717) is 41.2 Å². The molecule has 1 fully saturated rings. The summed E-state index contributed by atoms with van der Waals surface area (Å²) < 4.78 is 11.1. The summed E-state index contributed by atoms with van der Waals surface area (Å²) in [6.07, 6.45) is 2.20. The van der Waals surface area contributed by atoms with Gasteiger partial charge in [-0.25, -0.2) is 14.8 Å². The number of carbonyl (C=O) groups is 2. The van der Waals surface area contributed by atoms with Crippen LogP contribution >= 0.6 is 0 Å². The zero-order valence-electron chi connectivity index (χ0n) is 26.8. The molecular formula is C36H39N5O5. The third kappa shape index (κ3) is 7.04. The highest BCUT2D eigenvalue weighted by Gasteiger charge is 2.41. The van der Waals surface area contributed by atoms with Crippen LogP contribution in [0.15, 0.2) is 75.9 Å². The number of nitrogens with zero attached hydrogens (tertiary/aromatic N) is 4. The highest BCUT2D eigenvalue weighted by atomic mass is 16.4. The number of likely N-dealkylation sites (tertiary alicyclic amines) is 1. The maximum Gasteiger partial charge on any atom is 0.407 e. The van der Waals surface area contributed by atoms with E-state index in [0.717, 1.165) is 35.1 Å². The van der Waals surface area contributed by atoms with E-state index in [4.69, 9.17) is 8.83 Å². The molecule has 10 heteroatoms. The monoisotopic (exact) mass is 621 g/mol. The van der Waals surface area contributed by atoms with Crippen molar-refractivity contribution < 1.29 is 23.5 Å². The van der Waals surface area contributed by atoms with E-state index < -0.39 is 6.09 Å². The van der Waals surface area contributed by atoms with Gasteiger partial charge >= 0.3 is 6.09 Å². The highest BCUT2D eigenvalue weighted by molar-refractivity contribution is 5.94. The number of oxazole rings is 2. The number of hydrogen-bond donors (Lipinski definition) is 2. The van der Waals surface area contributed by atoms with Crippen LogP contribution in [-0.2, 0) is 0 Å². The molecule has 6 rings (SSSR count). The van der Waals surface area contributed by atoms with Crippen molar-refractivity contribution in [2.75, 3.05) is 13.1 Å². The summed E-state index contributed by atoms with van der Waals surface area (Å²) in [6, 6.07) is 20.3. The molecule has 0 aliphatic carbocycles. The van der Waals surface area contributed by atoms with Crippen molar-refractivity contribution in [1.82, 2.24) is 20.2 Å². The van der Waals surface area contributed by atoms with E-state index in [2.05, 4.69) is 21.4 Å². The van der Waals surface area contributed by atoms with Gasteiger partial charge in [-0.3, -0.25) is 4.79 Å². The number of amides is 2. The van der Waals surface area contributed by atoms with E-state index in [-0.39, 0.29) is 29.2 Å². The lowest BCUT2D eigenvalue weighted by Gasteiger charge is -2.46. The van der Waals surface area contributed by atoms with E-state index in [9.17, 15) is 20.0 Å². The third-order valence-electron chi connectivity index (χ3n) is 8.31. The lowest BCUT2D eigenvalue weighted by Crippen LogP contribution is -2.56. The van der Waals surface area contributed by atoms with Crippen LogP contribution in [0.4, 0.5) is 4.79 Å². The van der Waals surface area contributed by atoms with Gasteiger partial charge in [0.25, 0.3) is 5.91 Å². The molecule has 5 aromatic rings. The maximum absolute atomic E-state index is 12.9. The molecular weight excluding hydrogens is 582 g/mol. The van der Waals surface area contributed by atoms with Crippen LogP contribution in [0, 0.1) is 22.7 Å². The SMILES string of the molecule is CC(C)c1cc(C#N)cc2nc(-c3ccc(C(=O)NC[C@H]4CCCN(C(=O)O)C4C(C)(C)C)cc3)oc12.c1ccc2ocnc2c1. The van der Waals surface area contributed by atoms with E-state index in [1.54, 1.807) is 30.3 Å². The second-order valence-electron chi connectivity index (χ2n) is 13.0. The highest BCUT2D eigenvalue weighted by Crippen LogP contribution is 2.36. The first-order valence-electron chi connectivity index (χ1n) is 15.5. The molecule has 1 aliphatic rings. The molecule has 2 N–H and O–H groups in total. The molecule has 238 valence electrons. The van der Waals surface area contributed by atoms with Crippen LogP contribution in [0.3, 0.4) is 0 Å². The summed E-state index contributed by atoms with van der Waals surface area (Å²) in [5.74, 6) is 0.446. The molecule has 0 bridgehead atoms. The number of nitrogens with one attached hydrogen (secondary N) is 1. The smallest absolute Gasteiger partial charge is 0.407 e. The van der Waals surface area contributed by atoms with Gasteiger partial charge in [0.1, 0.15) is 11.0 Å². The zero-order chi connectivity index (χ0) is 33.0. The van der Waals surface area contributed by atoms with Crippen molar-refractivity contribution >= 4 is 34.2 Å². The maximum atomic E-state index is 12.9. The first-order chi connectivity index (χ1) is 22.0. The Labute approximate surface area is 268 Å². The van der Waals surface area contributed by atoms with Gasteiger partial charge < -0.3 is 24.2 Å². The zero-order valence-corrected chi connectivity index (χ0v) is 26.8. The average molecular weight is 622 g/mol. The van der Waals surface area contributed by atoms with E-state index >= 15 is 0 Å². The molecule has 2 atom stereocenters. The van der Waals surface area contributed by atoms with Gasteiger partial charge in [-0.05, 0) is 78.6 Å². The molecule has 1 aliphatic heterocycles. The fraction of sp³-hybridized carbons (Fsp3) is 0.361. The van der Waals surface area contributed by atoms with Gasteiger partial charge in [-0.15, -0.1) is 0 Å². The molecule has 46 heavy (non-hydrogen) atoms. The van der Waals surface area contributed by atoms with E-state index in [1.807, 2.05) is 65.0 Å². The standard InChI is InChI=1S/C29H34N4O4.C7H5NO/c1-17(2)22-13-18(15-30)14-23-24(22)37-27(32-23)20-10-8-19(9-11-20)26(34)31-16-21-7-6-12-33(28(35)36)25(21)29(3,4)5;1-2-4-7-6(3-1)8-5-9-7/h8-11,13-14,17,21,25H,6-7,12,16H2,1-5H3,(H,31,34)(H,35,36);1-5H/t21-,25?;/m1./s1. The van der Waals surface area contributed by atoms with Gasteiger partial charge in [0.15, 0.2) is 17.6 Å². The number of fused-ring (bicyclic) bond motifs is 2. The fourth-order valence-corrected chi connectivity index (χ4v) is 6.25. The van der Waals surface area contributed by atoms with E-state index in [1.165, 1.54) is 11.3 Å². The first-order valence-corrected chi connectivity index (χ1v) is 15.5. The average Bonchev–Trinajstić information content (AvgIpc) is 3.70. The molecule has 2 amide bonds. The second kappa shape index (κ2) is 13.4. The number of piperidine rings is 1. The number of hydrogen-bond acceptors (Lipinski definition) is 7. The summed E-state index contributed by atoms with van der Waals surface area (Å²) >= 11 is 0. The summed E-state index contributed by atoms with van der Waals surface area (Å²) in [5.41, 5.74) is 5.54. The van der Waals surface area contributed by atoms with Crippen molar-refractivity contribution in [3.63, 3.8) is 0 Å². The minimum Gasteiger partial charge on any atom is -0.465 e. The molecule has 1 unspecified atom stereocenters. The van der Waals surface area contributed by atoms with Crippen LogP contribution in [0.1, 0.15) is 74.9 Å². The quantitative estimate of drug-likeness (QED) is 0.202. The normalized spacial score (nSPS) is 16.6. The minimum absolute atomic E-state index is 0.0428. The van der Waals surface area contributed by atoms with Gasteiger partial charge in [-0.1, -0.05) is 46.8 Å². The Balaban J connectivity index is 0.000000393. The topological polar surface area (TPSA) is 145 Å². The van der Waals surface area contributed by atoms with Crippen LogP contribution in [-0.4, -0.2) is 51.1 Å². The van der Waals surface area contributed by atoms with Gasteiger partial charge in [0, 0.05) is 35.8 Å². The number of para-hydroxylation sites is 2. The molecule has 0 spiro atoms. The Morgan fingerprint density at radius 2 is 1.85 bits per heavy atom. The molecule has 10 nitrogen and oxygen atoms in total. The van der Waals surface area contributed by atoms with Gasteiger partial charge in [0.05, 0.1) is 11.6 Å². The molecule has 2 aromatic heterocycles. The van der Waals surface area contributed by atoms with Crippen LogP contribution in [0.2, 0.25) is 0 Å². The summed E-state index contributed by atoms with van der Waals surface area (Å²) in [6.45, 7) is 11.2. The third-order valence-corrected chi connectivity index (χ3v) is 8.31. The Kier molecular flexibility index (Phi) is 9.42. The van der Waals surface area contributed by atoms with Crippen LogP contribution in [0.25, 0.3) is 33.7 Å². The van der Waals surface area contributed by atoms with Crippen molar-refractivity contribution in [2.45, 2.75) is 59.4 Å². The lowest BCUT2D eigenvalue weighted by atomic mass is 9.74. The van der Waals surface area contributed by atoms with Crippen molar-refractivity contribution in [3.8, 4) is 17.5 Å². The molecule has 1 saturated heterocycles. The summed E-state index contributed by atoms with van der Waals surface area (Å²) in [4.78, 5) is 34.8. The molecule has 3 aromatic carbocycles. The number of nitriles is 1. The minimum atomic E-state index is -0.907. The summed E-state index contributed by atoms with van der Waals surface area (Å²) in [7, 11) is 0.